The Labute approximate surface area is 96.6 Å². The van der Waals surface area contributed by atoms with Crippen LogP contribution in [0.4, 0.5) is 0 Å². The molecule has 2 heterocycles. The maximum absolute atomic E-state index is 5.48. The van der Waals surface area contributed by atoms with Crippen molar-refractivity contribution in [1.82, 2.24) is 19.9 Å². The van der Waals surface area contributed by atoms with Crippen LogP contribution < -0.4 is 5.73 Å². The number of aromatic nitrogens is 3. The van der Waals surface area contributed by atoms with Crippen molar-refractivity contribution in [1.29, 1.82) is 0 Å². The lowest BCUT2D eigenvalue weighted by Gasteiger charge is -2.21. The zero-order valence-corrected chi connectivity index (χ0v) is 9.97. The predicted molar refractivity (Wildman–Crippen MR) is 62.8 cm³/mol. The zero-order valence-electron chi connectivity index (χ0n) is 9.97. The minimum atomic E-state index is 0.615. The van der Waals surface area contributed by atoms with Crippen LogP contribution in [-0.2, 0) is 13.1 Å². The van der Waals surface area contributed by atoms with E-state index in [1.54, 1.807) is 0 Å². The van der Waals surface area contributed by atoms with E-state index in [2.05, 4.69) is 22.1 Å². The molecule has 1 unspecified atom stereocenters. The first kappa shape index (κ1) is 11.5. The maximum atomic E-state index is 5.48. The third-order valence-electron chi connectivity index (χ3n) is 3.28. The highest BCUT2D eigenvalue weighted by atomic mass is 15.4. The highest BCUT2D eigenvalue weighted by molar-refractivity contribution is 4.94. The molecule has 0 bridgehead atoms. The Bertz CT molecular complexity index is 322. The van der Waals surface area contributed by atoms with Gasteiger partial charge in [-0.1, -0.05) is 12.1 Å². The molecule has 5 heteroatoms. The fourth-order valence-corrected chi connectivity index (χ4v) is 2.43. The molecule has 0 spiro atoms. The number of nitrogens with two attached hydrogens (primary N) is 1. The molecule has 1 aromatic rings. The number of nitrogens with zero attached hydrogens (tertiary/aromatic N) is 4. The van der Waals surface area contributed by atoms with Crippen LogP contribution in [0.5, 0.6) is 0 Å². The molecule has 2 N–H and O–H groups in total. The van der Waals surface area contributed by atoms with Crippen LogP contribution in [0.15, 0.2) is 6.20 Å². The quantitative estimate of drug-likeness (QED) is 0.794. The zero-order chi connectivity index (χ0) is 11.4. The molecule has 1 saturated heterocycles. The molecule has 1 aliphatic heterocycles. The molecule has 1 aliphatic rings. The minimum Gasteiger partial charge on any atom is -0.329 e. The van der Waals surface area contributed by atoms with Gasteiger partial charge in [0.05, 0.1) is 12.2 Å². The fourth-order valence-electron chi connectivity index (χ4n) is 2.43. The maximum Gasteiger partial charge on any atom is 0.0967 e. The van der Waals surface area contributed by atoms with Crippen LogP contribution in [-0.4, -0.2) is 39.0 Å². The molecule has 0 aromatic carbocycles. The third kappa shape index (κ3) is 2.59. The molecule has 2 rings (SSSR count). The van der Waals surface area contributed by atoms with Gasteiger partial charge < -0.3 is 5.73 Å². The normalized spacial score (nSPS) is 21.8. The summed E-state index contributed by atoms with van der Waals surface area (Å²) in [5, 5.41) is 8.24. The molecule has 1 atom stereocenters. The van der Waals surface area contributed by atoms with Gasteiger partial charge in [0.25, 0.3) is 0 Å². The van der Waals surface area contributed by atoms with E-state index in [-0.39, 0.29) is 0 Å². The summed E-state index contributed by atoms with van der Waals surface area (Å²) in [7, 11) is 0. The summed E-state index contributed by atoms with van der Waals surface area (Å²) in [5.41, 5.74) is 6.54. The largest absolute Gasteiger partial charge is 0.329 e. The minimum absolute atomic E-state index is 0.615. The van der Waals surface area contributed by atoms with E-state index in [0.29, 0.717) is 6.54 Å². The van der Waals surface area contributed by atoms with Gasteiger partial charge in [-0.2, -0.15) is 0 Å². The van der Waals surface area contributed by atoms with Crippen molar-refractivity contribution in [2.75, 3.05) is 13.1 Å². The van der Waals surface area contributed by atoms with E-state index in [1.807, 2.05) is 10.9 Å². The van der Waals surface area contributed by atoms with Crippen LogP contribution in [0.25, 0.3) is 0 Å². The van der Waals surface area contributed by atoms with Gasteiger partial charge in [-0.05, 0) is 25.8 Å². The van der Waals surface area contributed by atoms with Gasteiger partial charge >= 0.3 is 0 Å². The molecule has 0 aliphatic carbocycles. The summed E-state index contributed by atoms with van der Waals surface area (Å²) < 4.78 is 1.83. The summed E-state index contributed by atoms with van der Waals surface area (Å²) in [6.07, 6.45) is 5.89. The van der Waals surface area contributed by atoms with E-state index < -0.39 is 0 Å². The van der Waals surface area contributed by atoms with Crippen LogP contribution in [0.3, 0.4) is 0 Å². The van der Waals surface area contributed by atoms with Crippen molar-refractivity contribution in [2.24, 2.45) is 5.73 Å². The second-order valence-corrected chi connectivity index (χ2v) is 4.44. The molecular formula is C11H21N5. The predicted octanol–water partition coefficient (Wildman–Crippen LogP) is 0.611. The molecule has 5 nitrogen and oxygen atoms in total. The Morgan fingerprint density at radius 1 is 1.56 bits per heavy atom. The SMILES string of the molecule is CCC1CCCN1Cc1cn(CCN)nn1. The summed E-state index contributed by atoms with van der Waals surface area (Å²) in [5.74, 6) is 0. The van der Waals surface area contributed by atoms with E-state index in [1.165, 1.54) is 25.8 Å². The van der Waals surface area contributed by atoms with Gasteiger partial charge in [0.1, 0.15) is 0 Å². The van der Waals surface area contributed by atoms with Crippen molar-refractivity contribution in [3.8, 4) is 0 Å². The van der Waals surface area contributed by atoms with Gasteiger partial charge in [-0.3, -0.25) is 9.58 Å². The average Bonchev–Trinajstić information content (AvgIpc) is 2.89. The van der Waals surface area contributed by atoms with Crippen LogP contribution in [0.2, 0.25) is 0 Å². The summed E-state index contributed by atoms with van der Waals surface area (Å²) in [4.78, 5) is 2.51. The lowest BCUT2D eigenvalue weighted by Crippen LogP contribution is -2.28. The highest BCUT2D eigenvalue weighted by Gasteiger charge is 2.23. The smallest absolute Gasteiger partial charge is 0.0967 e. The molecule has 16 heavy (non-hydrogen) atoms. The number of hydrogen-bond acceptors (Lipinski definition) is 4. The van der Waals surface area contributed by atoms with Crippen molar-refractivity contribution in [3.63, 3.8) is 0 Å². The highest BCUT2D eigenvalue weighted by Crippen LogP contribution is 2.21. The van der Waals surface area contributed by atoms with Crippen molar-refractivity contribution in [3.05, 3.63) is 11.9 Å². The Hall–Kier alpha value is -0.940. The topological polar surface area (TPSA) is 60.0 Å². The summed E-state index contributed by atoms with van der Waals surface area (Å²) >= 11 is 0. The van der Waals surface area contributed by atoms with Gasteiger partial charge in [-0.25, -0.2) is 0 Å². The average molecular weight is 223 g/mol. The lowest BCUT2D eigenvalue weighted by atomic mass is 10.2. The number of rotatable bonds is 5. The monoisotopic (exact) mass is 223 g/mol. The first-order chi connectivity index (χ1) is 7.83. The molecule has 0 amide bonds. The van der Waals surface area contributed by atoms with Crippen molar-refractivity contribution in [2.45, 2.75) is 45.3 Å². The van der Waals surface area contributed by atoms with Crippen molar-refractivity contribution < 1.29 is 0 Å². The fraction of sp³-hybridized carbons (Fsp3) is 0.818. The van der Waals surface area contributed by atoms with Crippen LogP contribution >= 0.6 is 0 Å². The van der Waals surface area contributed by atoms with E-state index >= 15 is 0 Å². The molecule has 90 valence electrons. The van der Waals surface area contributed by atoms with Gasteiger partial charge in [0, 0.05) is 25.3 Å². The molecule has 0 saturated carbocycles. The Kier molecular flexibility index (Phi) is 3.90. The van der Waals surface area contributed by atoms with Crippen molar-refractivity contribution >= 4 is 0 Å². The molecular weight excluding hydrogens is 202 g/mol. The van der Waals surface area contributed by atoms with E-state index in [0.717, 1.165) is 24.8 Å². The molecule has 0 radical (unpaired) electrons. The standard InChI is InChI=1S/C11H21N5/c1-2-11-4-3-6-15(11)8-10-9-16(7-5-12)14-13-10/h9,11H,2-8,12H2,1H3. The van der Waals surface area contributed by atoms with E-state index in [4.69, 9.17) is 5.73 Å². The first-order valence-corrected chi connectivity index (χ1v) is 6.16. The Morgan fingerprint density at radius 2 is 2.44 bits per heavy atom. The van der Waals surface area contributed by atoms with E-state index in [9.17, 15) is 0 Å². The Morgan fingerprint density at radius 3 is 3.19 bits per heavy atom. The van der Waals surface area contributed by atoms with Gasteiger partial charge in [-0.15, -0.1) is 5.10 Å². The molecule has 1 fully saturated rings. The summed E-state index contributed by atoms with van der Waals surface area (Å²) in [6, 6.07) is 0.736. The molecule has 1 aromatic heterocycles. The first-order valence-electron chi connectivity index (χ1n) is 6.16. The van der Waals surface area contributed by atoms with Gasteiger partial charge in [0.15, 0.2) is 0 Å². The van der Waals surface area contributed by atoms with Gasteiger partial charge in [0.2, 0.25) is 0 Å². The summed E-state index contributed by atoms with van der Waals surface area (Å²) in [6.45, 7) is 5.76. The number of hydrogen-bond donors (Lipinski definition) is 1. The Balaban J connectivity index is 1.92. The third-order valence-corrected chi connectivity index (χ3v) is 3.28. The number of likely N-dealkylation sites (tertiary alicyclic amines) is 1. The van der Waals surface area contributed by atoms with Crippen LogP contribution in [0, 0.1) is 0 Å². The second-order valence-electron chi connectivity index (χ2n) is 4.44. The van der Waals surface area contributed by atoms with Crippen LogP contribution in [0.1, 0.15) is 31.9 Å². The lowest BCUT2D eigenvalue weighted by molar-refractivity contribution is 0.237. The second kappa shape index (κ2) is 5.41.